The van der Waals surface area contributed by atoms with Crippen molar-refractivity contribution in [2.24, 2.45) is 0 Å². The van der Waals surface area contributed by atoms with Gasteiger partial charge < -0.3 is 9.13 Å². The lowest BCUT2D eigenvalue weighted by atomic mass is 9.82. The Labute approximate surface area is 395 Å². The lowest BCUT2D eigenvalue weighted by Crippen LogP contribution is -2.15. The monoisotopic (exact) mass is 886 g/mol. The predicted octanol–water partition coefficient (Wildman–Crippen LogP) is 15.6. The van der Waals surface area contributed by atoms with Crippen LogP contribution in [0.2, 0.25) is 0 Å². The van der Waals surface area contributed by atoms with Crippen LogP contribution in [0.3, 0.4) is 0 Å². The van der Waals surface area contributed by atoms with Gasteiger partial charge in [-0.15, -0.1) is 11.3 Å². The van der Waals surface area contributed by atoms with Crippen molar-refractivity contribution in [1.29, 1.82) is 5.26 Å². The molecule has 0 amide bonds. The Morgan fingerprint density at radius 3 is 1.90 bits per heavy atom. The standard InChI is InChI=1S/C61H38N6S/c1-61(2)48-20-10-6-16-41(48)42-27-26-40(34-49(42)61)66-52-22-12-8-19-46(52)56-53(66)30-28-45-43-17-7-11-21-51(43)67(57(45)56)50-29-24-37(32-39(50)35-62)59-63-58(36-14-4-3-5-15-36)64-60(65-59)38-25-31-55-47(33-38)44-18-9-13-23-54(44)68-55/h3-34H,1-2H3. The molecular formula is C61H38N6S. The minimum absolute atomic E-state index is 0.139. The Bertz CT molecular complexity index is 4320. The minimum Gasteiger partial charge on any atom is -0.309 e. The van der Waals surface area contributed by atoms with Crippen LogP contribution in [0, 0.1) is 11.3 Å². The van der Waals surface area contributed by atoms with E-state index >= 15 is 0 Å². The second-order valence-electron chi connectivity index (χ2n) is 18.3. The summed E-state index contributed by atoms with van der Waals surface area (Å²) in [5.74, 6) is 1.65. The van der Waals surface area contributed by atoms with Gasteiger partial charge in [-0.1, -0.05) is 135 Å². The van der Waals surface area contributed by atoms with E-state index in [1.54, 1.807) is 11.3 Å². The van der Waals surface area contributed by atoms with E-state index in [2.05, 4.69) is 181 Å². The van der Waals surface area contributed by atoms with Crippen LogP contribution in [0.25, 0.3) is 120 Å². The highest BCUT2D eigenvalue weighted by molar-refractivity contribution is 7.25. The topological polar surface area (TPSA) is 72.3 Å². The van der Waals surface area contributed by atoms with Gasteiger partial charge in [-0.25, -0.2) is 15.0 Å². The summed E-state index contributed by atoms with van der Waals surface area (Å²) in [6.07, 6.45) is 0. The number of aromatic nitrogens is 5. The van der Waals surface area contributed by atoms with Gasteiger partial charge in [0.1, 0.15) is 6.07 Å². The first-order valence-electron chi connectivity index (χ1n) is 22.9. The van der Waals surface area contributed by atoms with Gasteiger partial charge in [0.25, 0.3) is 0 Å². The maximum atomic E-state index is 11.2. The molecule has 13 aromatic rings. The lowest BCUT2D eigenvalue weighted by Gasteiger charge is -2.22. The molecule has 0 saturated heterocycles. The normalized spacial score (nSPS) is 13.0. The van der Waals surface area contributed by atoms with E-state index in [4.69, 9.17) is 15.0 Å². The molecule has 7 heteroatoms. The van der Waals surface area contributed by atoms with Gasteiger partial charge in [-0.3, -0.25) is 0 Å². The summed E-state index contributed by atoms with van der Waals surface area (Å²) in [7, 11) is 0. The minimum atomic E-state index is -0.139. The smallest absolute Gasteiger partial charge is 0.164 e. The lowest BCUT2D eigenvalue weighted by molar-refractivity contribution is 0.660. The molecule has 1 aliphatic rings. The third-order valence-corrected chi connectivity index (χ3v) is 15.4. The Balaban J connectivity index is 0.971. The van der Waals surface area contributed by atoms with Crippen LogP contribution in [0.1, 0.15) is 30.5 Å². The van der Waals surface area contributed by atoms with Crippen LogP contribution < -0.4 is 0 Å². The van der Waals surface area contributed by atoms with Crippen LogP contribution in [0.15, 0.2) is 194 Å². The number of nitrogens with zero attached hydrogens (tertiary/aromatic N) is 6. The quantitative estimate of drug-likeness (QED) is 0.173. The Morgan fingerprint density at radius 2 is 1.09 bits per heavy atom. The second kappa shape index (κ2) is 14.4. The van der Waals surface area contributed by atoms with Crippen molar-refractivity contribution in [3.8, 4) is 62.7 Å². The van der Waals surface area contributed by atoms with E-state index in [0.29, 0.717) is 23.0 Å². The average Bonchev–Trinajstić information content (AvgIpc) is 4.11. The molecule has 0 bridgehead atoms. The highest BCUT2D eigenvalue weighted by atomic mass is 32.1. The van der Waals surface area contributed by atoms with Crippen LogP contribution in [0.4, 0.5) is 0 Å². The predicted molar refractivity (Wildman–Crippen MR) is 280 cm³/mol. The Morgan fingerprint density at radius 1 is 0.456 bits per heavy atom. The molecule has 318 valence electrons. The van der Waals surface area contributed by atoms with Crippen LogP contribution in [-0.4, -0.2) is 24.1 Å². The molecule has 68 heavy (non-hydrogen) atoms. The molecule has 0 unspecified atom stereocenters. The van der Waals surface area contributed by atoms with E-state index in [1.807, 2.05) is 42.5 Å². The average molecular weight is 887 g/mol. The molecule has 0 aliphatic heterocycles. The summed E-state index contributed by atoms with van der Waals surface area (Å²) >= 11 is 1.79. The van der Waals surface area contributed by atoms with E-state index in [1.165, 1.54) is 42.4 Å². The van der Waals surface area contributed by atoms with Crippen molar-refractivity contribution in [1.82, 2.24) is 24.1 Å². The molecule has 4 heterocycles. The van der Waals surface area contributed by atoms with Gasteiger partial charge in [0.15, 0.2) is 17.5 Å². The fraction of sp³-hybridized carbons (Fsp3) is 0.0492. The molecule has 1 aliphatic carbocycles. The summed E-state index contributed by atoms with van der Waals surface area (Å²) in [6.45, 7) is 4.67. The zero-order valence-corrected chi connectivity index (χ0v) is 37.9. The SMILES string of the molecule is CC1(C)c2ccccc2-c2ccc(-n3c4ccccc4c4c3ccc3c5ccccc5n(-c5ccc(-c6nc(-c7ccccc7)nc(-c7ccc8sc9ccccc9c8c7)n6)cc5C#N)c34)cc21. The van der Waals surface area contributed by atoms with Crippen LogP contribution >= 0.6 is 11.3 Å². The molecule has 9 aromatic carbocycles. The van der Waals surface area contributed by atoms with Crippen molar-refractivity contribution in [3.05, 3.63) is 211 Å². The number of nitriles is 1. The fourth-order valence-electron chi connectivity index (χ4n) is 11.0. The third kappa shape index (κ3) is 5.53. The van der Waals surface area contributed by atoms with Crippen molar-refractivity contribution in [2.75, 3.05) is 0 Å². The Kier molecular flexibility index (Phi) is 8.16. The van der Waals surface area contributed by atoms with Crippen molar-refractivity contribution in [3.63, 3.8) is 0 Å². The van der Waals surface area contributed by atoms with E-state index in [9.17, 15) is 5.26 Å². The highest BCUT2D eigenvalue weighted by Gasteiger charge is 2.35. The molecule has 0 saturated carbocycles. The summed E-state index contributed by atoms with van der Waals surface area (Å²) in [5, 5.41) is 18.1. The zero-order valence-electron chi connectivity index (χ0n) is 37.1. The van der Waals surface area contributed by atoms with Crippen LogP contribution in [0.5, 0.6) is 0 Å². The van der Waals surface area contributed by atoms with Gasteiger partial charge in [0.05, 0.1) is 33.3 Å². The van der Waals surface area contributed by atoms with Gasteiger partial charge in [-0.05, 0) is 95.1 Å². The number of hydrogen-bond donors (Lipinski definition) is 0. The molecule has 0 atom stereocenters. The van der Waals surface area contributed by atoms with Crippen molar-refractivity contribution >= 4 is 75.1 Å². The molecule has 14 rings (SSSR count). The van der Waals surface area contributed by atoms with E-state index in [0.717, 1.165) is 71.7 Å². The fourth-order valence-corrected chi connectivity index (χ4v) is 12.1. The molecule has 0 N–H and O–H groups in total. The van der Waals surface area contributed by atoms with Gasteiger partial charge >= 0.3 is 0 Å². The summed E-state index contributed by atoms with van der Waals surface area (Å²) in [5.41, 5.74) is 14.4. The number of benzene rings is 9. The van der Waals surface area contributed by atoms with E-state index in [-0.39, 0.29) is 5.41 Å². The van der Waals surface area contributed by atoms with Crippen molar-refractivity contribution in [2.45, 2.75) is 19.3 Å². The molecular weight excluding hydrogens is 849 g/mol. The first kappa shape index (κ1) is 38.6. The largest absolute Gasteiger partial charge is 0.309 e. The van der Waals surface area contributed by atoms with Crippen molar-refractivity contribution < 1.29 is 0 Å². The summed E-state index contributed by atoms with van der Waals surface area (Å²) in [4.78, 5) is 15.3. The highest BCUT2D eigenvalue weighted by Crippen LogP contribution is 2.50. The number of para-hydroxylation sites is 2. The number of hydrogen-bond acceptors (Lipinski definition) is 5. The molecule has 0 radical (unpaired) electrons. The van der Waals surface area contributed by atoms with Gasteiger partial charge in [0.2, 0.25) is 0 Å². The third-order valence-electron chi connectivity index (χ3n) is 14.2. The number of rotatable bonds is 5. The van der Waals surface area contributed by atoms with E-state index < -0.39 is 0 Å². The molecule has 0 spiro atoms. The summed E-state index contributed by atoms with van der Waals surface area (Å²) < 4.78 is 7.17. The molecule has 6 nitrogen and oxygen atoms in total. The molecule has 0 fully saturated rings. The van der Waals surface area contributed by atoms with Gasteiger partial charge in [-0.2, -0.15) is 5.26 Å². The maximum absolute atomic E-state index is 11.2. The first-order valence-corrected chi connectivity index (χ1v) is 23.7. The zero-order chi connectivity index (χ0) is 45.3. The number of fused-ring (bicyclic) bond motifs is 13. The first-order chi connectivity index (χ1) is 33.4. The maximum Gasteiger partial charge on any atom is 0.164 e. The van der Waals surface area contributed by atoms with Crippen LogP contribution in [-0.2, 0) is 5.41 Å². The second-order valence-corrected chi connectivity index (χ2v) is 19.4. The Hall–Kier alpha value is -8.70. The summed E-state index contributed by atoms with van der Waals surface area (Å²) in [6, 6.07) is 71.2. The van der Waals surface area contributed by atoms with Gasteiger partial charge in [0, 0.05) is 69.5 Å². The molecule has 4 aromatic heterocycles. The number of thiophene rings is 1.